The number of amides is 2. The number of methoxy groups -OCH3 is 1. The van der Waals surface area contributed by atoms with Gasteiger partial charge in [-0.2, -0.15) is 49.6 Å². The Morgan fingerprint density at radius 1 is 0.956 bits per heavy atom. The van der Waals surface area contributed by atoms with E-state index in [2.05, 4.69) is 25.2 Å². The Balaban J connectivity index is 1.46. The second-order valence-electron chi connectivity index (χ2n) is 17.1. The summed E-state index contributed by atoms with van der Waals surface area (Å²) in [5.74, 6) is -10.9. The summed E-state index contributed by atoms with van der Waals surface area (Å²) < 4.78 is 201. The largest absolute Gasteiger partial charge is 0.452 e. The lowest BCUT2D eigenvalue weighted by atomic mass is 9.93. The number of rotatable bonds is 14. The number of halogens is 11. The molecule has 3 aromatic heterocycles. The normalized spacial score (nSPS) is 17.5. The molecular weight excluding hydrogens is 992 g/mol. The van der Waals surface area contributed by atoms with Crippen LogP contribution in [0.5, 0.6) is 0 Å². The summed E-state index contributed by atoms with van der Waals surface area (Å²) in [7, 11) is -7.68. The van der Waals surface area contributed by atoms with E-state index in [-0.39, 0.29) is 61.0 Å². The molecule has 0 bridgehead atoms. The first-order chi connectivity index (χ1) is 31.2. The number of anilines is 1. The van der Waals surface area contributed by atoms with E-state index in [1.807, 2.05) is 0 Å². The molecule has 5 aromatic rings. The van der Waals surface area contributed by atoms with Crippen LogP contribution in [0.1, 0.15) is 72.6 Å². The zero-order chi connectivity index (χ0) is 50.4. The molecule has 27 heteroatoms. The van der Waals surface area contributed by atoms with E-state index < -0.39 is 143 Å². The van der Waals surface area contributed by atoms with Gasteiger partial charge >= 0.3 is 18.4 Å². The van der Waals surface area contributed by atoms with Crippen molar-refractivity contribution in [1.29, 1.82) is 0 Å². The number of aromatic nitrogens is 5. The number of sulfonamides is 1. The second kappa shape index (κ2) is 17.2. The van der Waals surface area contributed by atoms with Gasteiger partial charge in [-0.05, 0) is 75.3 Å². The minimum Gasteiger partial charge on any atom is -0.452 e. The highest BCUT2D eigenvalue weighted by atomic mass is 35.5. The maximum absolute atomic E-state index is 15.5. The Kier molecular flexibility index (Phi) is 12.7. The molecule has 2 aliphatic carbocycles. The fraction of sp³-hybridized carbons (Fsp3) is 0.439. The Labute approximate surface area is 385 Å². The molecule has 2 amide bonds. The number of nitrogens with zero attached hydrogens (tertiary/aromatic N) is 6. The molecule has 1 saturated carbocycles. The number of carbonyl (C=O) groups is 2. The summed E-state index contributed by atoms with van der Waals surface area (Å²) in [4.78, 5) is 31.7. The lowest BCUT2D eigenvalue weighted by Gasteiger charge is -2.25. The van der Waals surface area contributed by atoms with Gasteiger partial charge in [0, 0.05) is 40.6 Å². The van der Waals surface area contributed by atoms with Gasteiger partial charge in [-0.25, -0.2) is 30.4 Å². The number of ether oxygens (including phenoxy) is 1. The van der Waals surface area contributed by atoms with Crippen LogP contribution in [-0.4, -0.2) is 83.9 Å². The Morgan fingerprint density at radius 3 is 2.16 bits per heavy atom. The molecule has 3 heterocycles. The molecule has 368 valence electrons. The quantitative estimate of drug-likeness (QED) is 0.106. The highest BCUT2D eigenvalue weighted by molar-refractivity contribution is 7.92. The molecule has 0 aliphatic heterocycles. The van der Waals surface area contributed by atoms with Gasteiger partial charge in [-0.3, -0.25) is 19.1 Å². The van der Waals surface area contributed by atoms with Crippen LogP contribution < -0.4 is 9.62 Å². The van der Waals surface area contributed by atoms with Crippen molar-refractivity contribution in [3.8, 4) is 11.1 Å². The lowest BCUT2D eigenvalue weighted by molar-refractivity contribution is -0.143. The summed E-state index contributed by atoms with van der Waals surface area (Å²) in [5, 5.41) is 8.69. The van der Waals surface area contributed by atoms with Crippen LogP contribution >= 0.6 is 11.6 Å². The Morgan fingerprint density at radius 2 is 1.59 bits per heavy atom. The van der Waals surface area contributed by atoms with Crippen LogP contribution in [0.2, 0.25) is 5.02 Å². The van der Waals surface area contributed by atoms with E-state index in [0.29, 0.717) is 12.3 Å². The third-order valence-corrected chi connectivity index (χ3v) is 15.3. The van der Waals surface area contributed by atoms with Crippen molar-refractivity contribution < 1.29 is 75.1 Å². The first-order valence-electron chi connectivity index (χ1n) is 20.1. The number of carbonyl (C=O) groups excluding carboxylic acids is 2. The number of nitrogens with one attached hydrogen (secondary N) is 1. The molecule has 0 radical (unpaired) electrons. The summed E-state index contributed by atoms with van der Waals surface area (Å²) in [5.41, 5.74) is -5.14. The molecule has 14 nitrogen and oxygen atoms in total. The van der Waals surface area contributed by atoms with Crippen molar-refractivity contribution >= 4 is 60.2 Å². The molecule has 7 rings (SSSR count). The number of fused-ring (bicyclic) bond motifs is 4. The molecule has 2 aromatic carbocycles. The molecule has 68 heavy (non-hydrogen) atoms. The fourth-order valence-corrected chi connectivity index (χ4v) is 9.78. The number of sulfone groups is 1. The minimum absolute atomic E-state index is 0.0472. The second-order valence-corrected chi connectivity index (χ2v) is 22.0. The summed E-state index contributed by atoms with van der Waals surface area (Å²) in [6.07, 6.45) is -11.6. The molecule has 3 atom stereocenters. The lowest BCUT2D eigenvalue weighted by Crippen LogP contribution is -2.36. The highest BCUT2D eigenvalue weighted by Crippen LogP contribution is 2.68. The number of pyridine rings is 1. The van der Waals surface area contributed by atoms with Gasteiger partial charge in [-0.1, -0.05) is 23.7 Å². The predicted molar refractivity (Wildman–Crippen MR) is 224 cm³/mol. The van der Waals surface area contributed by atoms with Crippen LogP contribution in [0, 0.1) is 17.6 Å². The standard InChI is InChI=1S/C41H38ClF10N7O7S2/c1-38(2,67(4,62)63)11-10-22-6-7-23(24-8-9-27(42)31-33(24)58(18-39(45,46)47)56-36(31)59(37(61)66-3)68(5,64)65)32(53-22)28(14-19-12-20(43)15-21(44)13-19)54-29(60)17-57-35-30(34(55-57)41(50,51)52)25-16-26(25)40(35,48)49/h6-9,12-13,15,25-26,28H,10-11,14,16-18H2,1-5H3,(H,54,60)/t25-,26?,28-/m0/s1. The van der Waals surface area contributed by atoms with E-state index >= 15 is 8.78 Å². The zero-order valence-corrected chi connectivity index (χ0v) is 38.4. The molecule has 0 spiro atoms. The SMILES string of the molecule is COC(=O)N(c1nn(CC(F)(F)F)c2c(-c3ccc(CCC(C)(C)S(C)(=O)=O)nc3[C@H](Cc3cc(F)cc(F)c3)NC(=O)Cn3nc(C(F)(F)F)c4c3C(F)(F)C3C[C@H]43)ccc(Cl)c12)S(C)(=O)=O. The van der Waals surface area contributed by atoms with E-state index in [9.17, 15) is 61.5 Å². The minimum atomic E-state index is -5.20. The zero-order valence-electron chi connectivity index (χ0n) is 36.0. The third-order valence-electron chi connectivity index (χ3n) is 11.8. The van der Waals surface area contributed by atoms with Crippen LogP contribution in [-0.2, 0) is 67.4 Å². The van der Waals surface area contributed by atoms with Gasteiger partial charge < -0.3 is 10.1 Å². The number of aryl methyl sites for hydroxylation is 1. The van der Waals surface area contributed by atoms with Gasteiger partial charge in [0.15, 0.2) is 21.3 Å². The van der Waals surface area contributed by atoms with Crippen LogP contribution in [0.3, 0.4) is 0 Å². The highest BCUT2D eigenvalue weighted by Gasteiger charge is 2.68. The number of benzene rings is 2. The van der Waals surface area contributed by atoms with Crippen molar-refractivity contribution in [2.24, 2.45) is 5.92 Å². The van der Waals surface area contributed by atoms with Gasteiger partial charge in [0.25, 0.3) is 5.92 Å². The third kappa shape index (κ3) is 9.71. The average Bonchev–Trinajstić information content (AvgIpc) is 3.71. The molecule has 1 fully saturated rings. The van der Waals surface area contributed by atoms with Crippen molar-refractivity contribution in [2.45, 2.75) is 87.6 Å². The fourth-order valence-electron chi connectivity index (χ4n) is 8.28. The van der Waals surface area contributed by atoms with Crippen molar-refractivity contribution in [3.05, 3.63) is 93.0 Å². The molecular formula is C41H38ClF10N7O7S2. The van der Waals surface area contributed by atoms with Gasteiger partial charge in [0.05, 0.1) is 45.8 Å². The predicted octanol–water partition coefficient (Wildman–Crippen LogP) is 8.40. The first-order valence-corrected chi connectivity index (χ1v) is 24.2. The molecule has 1 N–H and O–H groups in total. The Hall–Kier alpha value is -5.50. The average molecular weight is 1030 g/mol. The first kappa shape index (κ1) is 50.4. The van der Waals surface area contributed by atoms with Crippen LogP contribution in [0.25, 0.3) is 22.0 Å². The van der Waals surface area contributed by atoms with Gasteiger partial charge in [-0.15, -0.1) is 0 Å². The summed E-state index contributed by atoms with van der Waals surface area (Å²) >= 11 is 6.55. The van der Waals surface area contributed by atoms with Crippen LogP contribution in [0.15, 0.2) is 42.5 Å². The van der Waals surface area contributed by atoms with E-state index in [4.69, 9.17) is 11.6 Å². The van der Waals surface area contributed by atoms with Crippen LogP contribution in [0.4, 0.5) is 54.5 Å². The maximum atomic E-state index is 15.5. The van der Waals surface area contributed by atoms with Crippen molar-refractivity contribution in [2.75, 3.05) is 23.9 Å². The maximum Gasteiger partial charge on any atom is 0.435 e. The number of alkyl halides is 8. The monoisotopic (exact) mass is 1030 g/mol. The van der Waals surface area contributed by atoms with Crippen molar-refractivity contribution in [3.63, 3.8) is 0 Å². The summed E-state index contributed by atoms with van der Waals surface area (Å²) in [6.45, 7) is -0.387. The number of hydrogen-bond donors (Lipinski definition) is 1. The molecule has 2 aliphatic rings. The molecule has 0 saturated heterocycles. The molecule has 1 unspecified atom stereocenters. The van der Waals surface area contributed by atoms with Gasteiger partial charge in [0.1, 0.15) is 30.4 Å². The Bertz CT molecular complexity index is 3080. The van der Waals surface area contributed by atoms with E-state index in [1.165, 1.54) is 26.0 Å². The topological polar surface area (TPSA) is 175 Å². The van der Waals surface area contributed by atoms with E-state index in [0.717, 1.165) is 37.6 Å². The van der Waals surface area contributed by atoms with Crippen molar-refractivity contribution in [1.82, 2.24) is 29.9 Å². The van der Waals surface area contributed by atoms with Gasteiger partial charge in [0.2, 0.25) is 15.9 Å². The number of hydrogen-bond acceptors (Lipinski definition) is 10. The van der Waals surface area contributed by atoms with E-state index in [1.54, 1.807) is 0 Å². The smallest absolute Gasteiger partial charge is 0.435 e. The summed E-state index contributed by atoms with van der Waals surface area (Å²) in [6, 6.07) is 5.25.